The summed E-state index contributed by atoms with van der Waals surface area (Å²) in [5.74, 6) is -0.509. The minimum atomic E-state index is -0.509. The molecule has 1 aliphatic rings. The number of hydrogen-bond acceptors (Lipinski definition) is 5. The molecule has 0 aromatic rings. The Kier molecular flexibility index (Phi) is 7.82. The van der Waals surface area contributed by atoms with E-state index >= 15 is 0 Å². The van der Waals surface area contributed by atoms with Gasteiger partial charge < -0.3 is 19.5 Å². The van der Waals surface area contributed by atoms with E-state index < -0.39 is 17.7 Å². The van der Waals surface area contributed by atoms with Crippen molar-refractivity contribution < 1.29 is 23.8 Å². The molecule has 1 fully saturated rings. The van der Waals surface area contributed by atoms with Crippen LogP contribution in [0.25, 0.3) is 0 Å². The molecule has 1 amide bonds. The molecule has 0 bridgehead atoms. The standard InChI is InChI=1S/C15H25NO5/c1-3-5-6-7-15(8-10-19-12-15)21-14(18)16-9-11-20-13(17)4-2/h4H,2-3,5-12H2,1H3,(H,16,18). The van der Waals surface area contributed by atoms with Crippen LogP contribution in [0.3, 0.4) is 0 Å². The van der Waals surface area contributed by atoms with Crippen molar-refractivity contribution in [2.75, 3.05) is 26.4 Å². The topological polar surface area (TPSA) is 73.9 Å². The Morgan fingerprint density at radius 1 is 1.43 bits per heavy atom. The number of hydrogen-bond donors (Lipinski definition) is 1. The lowest BCUT2D eigenvalue weighted by molar-refractivity contribution is -0.137. The number of carbonyl (C=O) groups excluding carboxylic acids is 2. The first-order valence-electron chi connectivity index (χ1n) is 7.45. The molecule has 0 radical (unpaired) electrons. The van der Waals surface area contributed by atoms with Gasteiger partial charge in [-0.15, -0.1) is 0 Å². The zero-order valence-corrected chi connectivity index (χ0v) is 12.7. The van der Waals surface area contributed by atoms with Gasteiger partial charge in [-0.25, -0.2) is 9.59 Å². The maximum atomic E-state index is 11.8. The molecule has 6 nitrogen and oxygen atoms in total. The molecule has 1 atom stereocenters. The van der Waals surface area contributed by atoms with Gasteiger partial charge in [0.15, 0.2) is 0 Å². The molecule has 1 aliphatic heterocycles. The predicted octanol–water partition coefficient (Wildman–Crippen LogP) is 2.18. The van der Waals surface area contributed by atoms with Gasteiger partial charge in [-0.05, 0) is 12.8 Å². The number of esters is 1. The average Bonchev–Trinajstić information content (AvgIpc) is 2.92. The smallest absolute Gasteiger partial charge is 0.407 e. The number of ether oxygens (including phenoxy) is 3. The van der Waals surface area contributed by atoms with Crippen molar-refractivity contribution >= 4 is 12.1 Å². The van der Waals surface area contributed by atoms with E-state index in [-0.39, 0.29) is 13.2 Å². The van der Waals surface area contributed by atoms with Crippen LogP contribution in [0, 0.1) is 0 Å². The number of carbonyl (C=O) groups is 2. The summed E-state index contributed by atoms with van der Waals surface area (Å²) >= 11 is 0. The lowest BCUT2D eigenvalue weighted by atomic mass is 9.95. The van der Waals surface area contributed by atoms with Gasteiger partial charge in [-0.2, -0.15) is 0 Å². The normalized spacial score (nSPS) is 20.8. The van der Waals surface area contributed by atoms with Gasteiger partial charge in [-0.3, -0.25) is 0 Å². The molecular weight excluding hydrogens is 274 g/mol. The highest BCUT2D eigenvalue weighted by atomic mass is 16.6. The number of nitrogens with one attached hydrogen (secondary N) is 1. The highest BCUT2D eigenvalue weighted by Gasteiger charge is 2.38. The maximum absolute atomic E-state index is 11.8. The first-order valence-corrected chi connectivity index (χ1v) is 7.45. The summed E-state index contributed by atoms with van der Waals surface area (Å²) in [7, 11) is 0. The molecule has 1 heterocycles. The lowest BCUT2D eigenvalue weighted by Gasteiger charge is -2.27. The van der Waals surface area contributed by atoms with Crippen LogP contribution < -0.4 is 5.32 Å². The van der Waals surface area contributed by atoms with E-state index in [1.807, 2.05) is 0 Å². The van der Waals surface area contributed by atoms with E-state index in [4.69, 9.17) is 14.2 Å². The largest absolute Gasteiger partial charge is 0.461 e. The minimum absolute atomic E-state index is 0.0965. The summed E-state index contributed by atoms with van der Waals surface area (Å²) in [6.07, 6.45) is 5.39. The third-order valence-electron chi connectivity index (χ3n) is 3.39. The zero-order valence-electron chi connectivity index (χ0n) is 12.7. The molecule has 1 rings (SSSR count). The van der Waals surface area contributed by atoms with Gasteiger partial charge in [0.1, 0.15) is 12.2 Å². The lowest BCUT2D eigenvalue weighted by Crippen LogP contribution is -2.40. The predicted molar refractivity (Wildman–Crippen MR) is 77.9 cm³/mol. The van der Waals surface area contributed by atoms with Crippen molar-refractivity contribution in [2.24, 2.45) is 0 Å². The van der Waals surface area contributed by atoms with Gasteiger partial charge in [0.25, 0.3) is 0 Å². The van der Waals surface area contributed by atoms with Crippen molar-refractivity contribution in [3.8, 4) is 0 Å². The van der Waals surface area contributed by atoms with Crippen molar-refractivity contribution in [3.05, 3.63) is 12.7 Å². The van der Waals surface area contributed by atoms with Crippen LogP contribution in [0.2, 0.25) is 0 Å². The Labute approximate surface area is 125 Å². The fourth-order valence-corrected chi connectivity index (χ4v) is 2.21. The summed E-state index contributed by atoms with van der Waals surface area (Å²) in [6.45, 7) is 6.81. The molecule has 120 valence electrons. The SMILES string of the molecule is C=CC(=O)OCCNC(=O)OC1(CCCCC)CCOC1. The number of rotatable bonds is 9. The second-order valence-electron chi connectivity index (χ2n) is 5.13. The van der Waals surface area contributed by atoms with Crippen LogP contribution in [-0.4, -0.2) is 44.0 Å². The number of alkyl carbamates (subject to hydrolysis) is 1. The van der Waals surface area contributed by atoms with Crippen molar-refractivity contribution in [1.82, 2.24) is 5.32 Å². The fourth-order valence-electron chi connectivity index (χ4n) is 2.21. The maximum Gasteiger partial charge on any atom is 0.407 e. The zero-order chi connectivity index (χ0) is 15.6. The molecule has 0 aromatic heterocycles. The summed E-state index contributed by atoms with van der Waals surface area (Å²) in [4.78, 5) is 22.6. The summed E-state index contributed by atoms with van der Waals surface area (Å²) in [5, 5.41) is 2.58. The summed E-state index contributed by atoms with van der Waals surface area (Å²) in [6, 6.07) is 0. The second-order valence-corrected chi connectivity index (χ2v) is 5.13. The Bertz CT molecular complexity index is 350. The summed E-state index contributed by atoms with van der Waals surface area (Å²) < 4.78 is 15.7. The van der Waals surface area contributed by atoms with Crippen LogP contribution >= 0.6 is 0 Å². The van der Waals surface area contributed by atoms with E-state index in [1.165, 1.54) is 0 Å². The molecule has 1 N–H and O–H groups in total. The number of unbranched alkanes of at least 4 members (excludes halogenated alkanes) is 2. The third kappa shape index (κ3) is 6.62. The molecule has 6 heteroatoms. The monoisotopic (exact) mass is 299 g/mol. The molecule has 21 heavy (non-hydrogen) atoms. The van der Waals surface area contributed by atoms with Crippen LogP contribution in [0.15, 0.2) is 12.7 Å². The molecule has 0 aliphatic carbocycles. The van der Waals surface area contributed by atoms with Gasteiger partial charge in [0, 0.05) is 12.5 Å². The van der Waals surface area contributed by atoms with Gasteiger partial charge >= 0.3 is 12.1 Å². The Morgan fingerprint density at radius 2 is 2.24 bits per heavy atom. The van der Waals surface area contributed by atoms with Crippen LogP contribution in [0.5, 0.6) is 0 Å². The Balaban J connectivity index is 2.28. The molecule has 0 spiro atoms. The average molecular weight is 299 g/mol. The van der Waals surface area contributed by atoms with Crippen LogP contribution in [0.1, 0.15) is 39.0 Å². The first-order chi connectivity index (χ1) is 10.1. The van der Waals surface area contributed by atoms with E-state index in [0.29, 0.717) is 13.2 Å². The van der Waals surface area contributed by atoms with Gasteiger partial charge in [-0.1, -0.05) is 26.3 Å². The van der Waals surface area contributed by atoms with E-state index in [0.717, 1.165) is 38.2 Å². The number of amides is 1. The van der Waals surface area contributed by atoms with Gasteiger partial charge in [0.05, 0.1) is 19.8 Å². The Hall–Kier alpha value is -1.56. The van der Waals surface area contributed by atoms with Crippen molar-refractivity contribution in [2.45, 2.75) is 44.6 Å². The fraction of sp³-hybridized carbons (Fsp3) is 0.733. The van der Waals surface area contributed by atoms with E-state index in [1.54, 1.807) is 0 Å². The van der Waals surface area contributed by atoms with Crippen LogP contribution in [0.4, 0.5) is 4.79 Å². The molecule has 1 saturated heterocycles. The first kappa shape index (κ1) is 17.5. The molecule has 0 aromatic carbocycles. The molecule has 1 unspecified atom stereocenters. The highest BCUT2D eigenvalue weighted by molar-refractivity contribution is 5.81. The van der Waals surface area contributed by atoms with Crippen LogP contribution in [-0.2, 0) is 19.0 Å². The molecular formula is C15H25NO5. The Morgan fingerprint density at radius 3 is 2.86 bits per heavy atom. The third-order valence-corrected chi connectivity index (χ3v) is 3.39. The summed E-state index contributed by atoms with van der Waals surface area (Å²) in [5.41, 5.74) is -0.503. The van der Waals surface area contributed by atoms with E-state index in [9.17, 15) is 9.59 Å². The quantitative estimate of drug-likeness (QED) is 0.401. The van der Waals surface area contributed by atoms with Crippen molar-refractivity contribution in [1.29, 1.82) is 0 Å². The van der Waals surface area contributed by atoms with Gasteiger partial charge in [0.2, 0.25) is 0 Å². The van der Waals surface area contributed by atoms with Crippen molar-refractivity contribution in [3.63, 3.8) is 0 Å². The van der Waals surface area contributed by atoms with E-state index in [2.05, 4.69) is 18.8 Å². The second kappa shape index (κ2) is 9.39. The highest BCUT2D eigenvalue weighted by Crippen LogP contribution is 2.29. The molecule has 0 saturated carbocycles. The minimum Gasteiger partial charge on any atom is -0.461 e.